The number of carboxylic acids is 1. The standard InChI is InChI=1S/C6H8INO2/c1-2-5(8)4(3-7)6(9)10/h2-3H,8H2,1H3,(H,9,10)/b4-3+,5-2+. The molecule has 0 saturated heterocycles. The van der Waals surface area contributed by atoms with E-state index in [-0.39, 0.29) is 5.57 Å². The number of halogens is 1. The van der Waals surface area contributed by atoms with Gasteiger partial charge in [-0.05, 0) is 11.0 Å². The van der Waals surface area contributed by atoms with Crippen LogP contribution >= 0.6 is 22.6 Å². The van der Waals surface area contributed by atoms with Crippen molar-refractivity contribution < 1.29 is 9.90 Å². The van der Waals surface area contributed by atoms with Crippen molar-refractivity contribution in [1.82, 2.24) is 0 Å². The van der Waals surface area contributed by atoms with E-state index in [0.717, 1.165) is 0 Å². The molecule has 0 amide bonds. The SMILES string of the molecule is C/C=C(N)\C(=C/I)C(=O)O. The first-order chi connectivity index (χ1) is 4.63. The van der Waals surface area contributed by atoms with Crippen molar-refractivity contribution in [1.29, 1.82) is 0 Å². The van der Waals surface area contributed by atoms with Crippen molar-refractivity contribution in [3.63, 3.8) is 0 Å². The third kappa shape index (κ3) is 2.38. The number of hydrogen-bond donors (Lipinski definition) is 2. The van der Waals surface area contributed by atoms with Gasteiger partial charge in [-0.15, -0.1) is 0 Å². The van der Waals surface area contributed by atoms with Crippen LogP contribution in [0.3, 0.4) is 0 Å². The molecular weight excluding hydrogens is 245 g/mol. The van der Waals surface area contributed by atoms with E-state index in [1.807, 2.05) is 22.6 Å². The summed E-state index contributed by atoms with van der Waals surface area (Å²) in [6.45, 7) is 1.69. The second kappa shape index (κ2) is 4.32. The lowest BCUT2D eigenvalue weighted by atomic mass is 10.2. The molecule has 0 aromatic heterocycles. The van der Waals surface area contributed by atoms with Crippen molar-refractivity contribution in [3.8, 4) is 0 Å². The molecule has 0 aliphatic heterocycles. The highest BCUT2D eigenvalue weighted by Gasteiger charge is 2.07. The van der Waals surface area contributed by atoms with Gasteiger partial charge in [0.05, 0.1) is 5.57 Å². The van der Waals surface area contributed by atoms with Crippen LogP contribution in [0.2, 0.25) is 0 Å². The van der Waals surface area contributed by atoms with Gasteiger partial charge in [-0.2, -0.15) is 0 Å². The van der Waals surface area contributed by atoms with Crippen molar-refractivity contribution in [2.45, 2.75) is 6.92 Å². The molecule has 3 N–H and O–H groups in total. The van der Waals surface area contributed by atoms with E-state index in [2.05, 4.69) is 0 Å². The minimum absolute atomic E-state index is 0.142. The summed E-state index contributed by atoms with van der Waals surface area (Å²) < 4.78 is 1.44. The fourth-order valence-electron chi connectivity index (χ4n) is 0.389. The Kier molecular flexibility index (Phi) is 4.10. The van der Waals surface area contributed by atoms with Crippen molar-refractivity contribution in [2.75, 3.05) is 0 Å². The summed E-state index contributed by atoms with van der Waals surface area (Å²) in [5, 5.41) is 8.48. The zero-order valence-corrected chi connectivity index (χ0v) is 7.62. The predicted molar refractivity (Wildman–Crippen MR) is 47.7 cm³/mol. The second-order valence-electron chi connectivity index (χ2n) is 1.57. The second-order valence-corrected chi connectivity index (χ2v) is 2.19. The minimum Gasteiger partial charge on any atom is -0.478 e. The van der Waals surface area contributed by atoms with Crippen LogP contribution < -0.4 is 5.73 Å². The van der Waals surface area contributed by atoms with E-state index < -0.39 is 5.97 Å². The quantitative estimate of drug-likeness (QED) is 0.442. The fourth-order valence-corrected chi connectivity index (χ4v) is 1.01. The third-order valence-corrected chi connectivity index (χ3v) is 1.58. The minimum atomic E-state index is -0.995. The Hall–Kier alpha value is -0.520. The number of carbonyl (C=O) groups is 1. The van der Waals surface area contributed by atoms with E-state index in [1.54, 1.807) is 13.0 Å². The summed E-state index contributed by atoms with van der Waals surface area (Å²) in [7, 11) is 0. The summed E-state index contributed by atoms with van der Waals surface area (Å²) in [6, 6.07) is 0. The third-order valence-electron chi connectivity index (χ3n) is 0.962. The number of allylic oxidation sites excluding steroid dienone is 1. The van der Waals surface area contributed by atoms with E-state index in [4.69, 9.17) is 10.8 Å². The summed E-state index contributed by atoms with van der Waals surface area (Å²) in [6.07, 6.45) is 1.55. The van der Waals surface area contributed by atoms with Gasteiger partial charge in [0.2, 0.25) is 0 Å². The van der Waals surface area contributed by atoms with Gasteiger partial charge in [-0.3, -0.25) is 0 Å². The lowest BCUT2D eigenvalue weighted by Crippen LogP contribution is -2.09. The Morgan fingerprint density at radius 3 is 2.30 bits per heavy atom. The lowest BCUT2D eigenvalue weighted by Gasteiger charge is -1.97. The van der Waals surface area contributed by atoms with Crippen LogP contribution in [0.4, 0.5) is 0 Å². The molecule has 0 aromatic rings. The summed E-state index contributed by atoms with van der Waals surface area (Å²) in [5.74, 6) is -0.995. The van der Waals surface area contributed by atoms with Crippen LogP contribution in [0.15, 0.2) is 21.4 Å². The average molecular weight is 253 g/mol. The molecule has 0 aliphatic carbocycles. The fraction of sp³-hybridized carbons (Fsp3) is 0.167. The van der Waals surface area contributed by atoms with Crippen LogP contribution in [-0.2, 0) is 4.79 Å². The van der Waals surface area contributed by atoms with E-state index in [0.29, 0.717) is 5.70 Å². The molecule has 10 heavy (non-hydrogen) atoms. The highest BCUT2D eigenvalue weighted by Crippen LogP contribution is 2.06. The number of carboxylic acid groups (broad SMARTS) is 1. The van der Waals surface area contributed by atoms with Crippen LogP contribution in [0.1, 0.15) is 6.92 Å². The summed E-state index contributed by atoms with van der Waals surface area (Å²) in [4.78, 5) is 10.3. The van der Waals surface area contributed by atoms with E-state index >= 15 is 0 Å². The highest BCUT2D eigenvalue weighted by atomic mass is 127. The topological polar surface area (TPSA) is 63.3 Å². The lowest BCUT2D eigenvalue weighted by molar-refractivity contribution is -0.132. The molecular formula is C6H8INO2. The van der Waals surface area contributed by atoms with Crippen molar-refractivity contribution in [3.05, 3.63) is 21.4 Å². The maximum atomic E-state index is 10.3. The van der Waals surface area contributed by atoms with E-state index in [1.165, 1.54) is 4.08 Å². The summed E-state index contributed by atoms with van der Waals surface area (Å²) in [5.41, 5.74) is 5.77. The molecule has 0 unspecified atom stereocenters. The van der Waals surface area contributed by atoms with Gasteiger partial charge in [-0.25, -0.2) is 4.79 Å². The van der Waals surface area contributed by atoms with Gasteiger partial charge in [0.15, 0.2) is 0 Å². The van der Waals surface area contributed by atoms with Crippen LogP contribution in [0, 0.1) is 0 Å². The number of aliphatic carboxylic acids is 1. The van der Waals surface area contributed by atoms with Gasteiger partial charge in [-0.1, -0.05) is 28.7 Å². The molecule has 0 radical (unpaired) electrons. The van der Waals surface area contributed by atoms with Gasteiger partial charge in [0, 0.05) is 5.70 Å². The Morgan fingerprint density at radius 1 is 1.70 bits per heavy atom. The highest BCUT2D eigenvalue weighted by molar-refractivity contribution is 14.1. The zero-order chi connectivity index (χ0) is 8.15. The van der Waals surface area contributed by atoms with E-state index in [9.17, 15) is 4.79 Å². The molecule has 4 heteroatoms. The first kappa shape index (κ1) is 9.48. The summed E-state index contributed by atoms with van der Waals surface area (Å²) >= 11 is 1.84. The molecule has 0 aromatic carbocycles. The first-order valence-electron chi connectivity index (χ1n) is 2.59. The monoisotopic (exact) mass is 253 g/mol. The molecule has 0 aliphatic rings. The first-order valence-corrected chi connectivity index (χ1v) is 3.83. The van der Waals surface area contributed by atoms with Crippen LogP contribution in [-0.4, -0.2) is 11.1 Å². The smallest absolute Gasteiger partial charge is 0.338 e. The molecule has 3 nitrogen and oxygen atoms in total. The molecule has 0 atom stereocenters. The Labute approximate surface area is 72.7 Å². The number of nitrogens with two attached hydrogens (primary N) is 1. The Morgan fingerprint density at radius 2 is 2.20 bits per heavy atom. The van der Waals surface area contributed by atoms with Crippen molar-refractivity contribution in [2.24, 2.45) is 5.73 Å². The molecule has 0 fully saturated rings. The molecule has 0 rings (SSSR count). The zero-order valence-electron chi connectivity index (χ0n) is 5.47. The molecule has 56 valence electrons. The number of hydrogen-bond acceptors (Lipinski definition) is 2. The van der Waals surface area contributed by atoms with Crippen LogP contribution in [0.5, 0.6) is 0 Å². The van der Waals surface area contributed by atoms with Gasteiger partial charge in [0.1, 0.15) is 0 Å². The predicted octanol–water partition coefficient (Wildman–Crippen LogP) is 1.25. The maximum Gasteiger partial charge on any atom is 0.338 e. The van der Waals surface area contributed by atoms with Crippen molar-refractivity contribution >= 4 is 28.6 Å². The molecule has 0 bridgehead atoms. The van der Waals surface area contributed by atoms with Gasteiger partial charge in [0.25, 0.3) is 0 Å². The molecule has 0 spiro atoms. The van der Waals surface area contributed by atoms with Crippen LogP contribution in [0.25, 0.3) is 0 Å². The molecule has 0 heterocycles. The average Bonchev–Trinajstić information content (AvgIpc) is 1.88. The molecule has 0 saturated carbocycles. The maximum absolute atomic E-state index is 10.3. The normalized spacial score (nSPS) is 13.4. The van der Waals surface area contributed by atoms with Gasteiger partial charge >= 0.3 is 5.97 Å². The number of rotatable bonds is 2. The largest absolute Gasteiger partial charge is 0.478 e. The van der Waals surface area contributed by atoms with Gasteiger partial charge < -0.3 is 10.8 Å². The Balaban J connectivity index is 4.56. The Bertz CT molecular complexity index is 196.